The van der Waals surface area contributed by atoms with Crippen LogP contribution in [0.4, 0.5) is 15.8 Å². The number of carbonyl (C=O) groups is 1. The Bertz CT molecular complexity index is 1130. The van der Waals surface area contributed by atoms with E-state index in [1.165, 1.54) is 18.2 Å². The van der Waals surface area contributed by atoms with Gasteiger partial charge in [0.25, 0.3) is 5.91 Å². The number of sulfonamides is 1. The molecule has 0 aliphatic carbocycles. The quantitative estimate of drug-likeness (QED) is 0.652. The van der Waals surface area contributed by atoms with Crippen LogP contribution in [-0.2, 0) is 10.0 Å². The second-order valence-corrected chi connectivity index (χ2v) is 8.06. The summed E-state index contributed by atoms with van der Waals surface area (Å²) in [6, 6.07) is 12.1. The lowest BCUT2D eigenvalue weighted by molar-refractivity contribution is 0.101. The number of hydrogen-bond donors (Lipinski definition) is 2. The Balaban J connectivity index is 1.75. The standard InChI is InChI=1S/C19H18FN3O4S/c1-3-28(25,26)23-16-9-8-13(10-12(16)2)21-19(24)17-11-18(27-22-17)14-6-4-5-7-15(14)20/h4-11,23H,3H2,1-2H3,(H,21,24). The Morgan fingerprint density at radius 3 is 2.61 bits per heavy atom. The zero-order valence-corrected chi connectivity index (χ0v) is 16.0. The van der Waals surface area contributed by atoms with Crippen molar-refractivity contribution in [3.05, 3.63) is 65.6 Å². The molecule has 3 aromatic rings. The minimum Gasteiger partial charge on any atom is -0.355 e. The fourth-order valence-electron chi connectivity index (χ4n) is 2.46. The second-order valence-electron chi connectivity index (χ2n) is 6.05. The van der Waals surface area contributed by atoms with Crippen molar-refractivity contribution in [3.63, 3.8) is 0 Å². The number of amides is 1. The van der Waals surface area contributed by atoms with Gasteiger partial charge in [-0.1, -0.05) is 17.3 Å². The number of rotatable bonds is 6. The van der Waals surface area contributed by atoms with Gasteiger partial charge in [0, 0.05) is 11.8 Å². The molecule has 0 aliphatic heterocycles. The Morgan fingerprint density at radius 1 is 1.18 bits per heavy atom. The molecule has 1 amide bonds. The van der Waals surface area contributed by atoms with Gasteiger partial charge in [-0.25, -0.2) is 12.8 Å². The third-order valence-corrected chi connectivity index (χ3v) is 5.30. The Labute approximate surface area is 161 Å². The van der Waals surface area contributed by atoms with Gasteiger partial charge in [-0.2, -0.15) is 0 Å². The first-order chi connectivity index (χ1) is 13.3. The van der Waals surface area contributed by atoms with Gasteiger partial charge in [0.2, 0.25) is 10.0 Å². The number of carbonyl (C=O) groups excluding carboxylic acids is 1. The van der Waals surface area contributed by atoms with Crippen molar-refractivity contribution in [2.45, 2.75) is 13.8 Å². The molecule has 7 nitrogen and oxygen atoms in total. The van der Waals surface area contributed by atoms with Crippen LogP contribution >= 0.6 is 0 Å². The Hall–Kier alpha value is -3.20. The number of hydrogen-bond acceptors (Lipinski definition) is 5. The number of aryl methyl sites for hydroxylation is 1. The predicted octanol–water partition coefficient (Wildman–Crippen LogP) is 3.80. The molecular weight excluding hydrogens is 385 g/mol. The SMILES string of the molecule is CCS(=O)(=O)Nc1ccc(NC(=O)c2cc(-c3ccccc3F)on2)cc1C. The molecule has 146 valence electrons. The molecule has 0 spiro atoms. The summed E-state index contributed by atoms with van der Waals surface area (Å²) < 4.78 is 44.7. The molecule has 1 aromatic heterocycles. The number of halogens is 1. The van der Waals surface area contributed by atoms with E-state index in [-0.39, 0.29) is 22.8 Å². The van der Waals surface area contributed by atoms with Crippen molar-refractivity contribution in [1.29, 1.82) is 0 Å². The van der Waals surface area contributed by atoms with Crippen molar-refractivity contribution in [3.8, 4) is 11.3 Å². The van der Waals surface area contributed by atoms with E-state index in [0.717, 1.165) is 0 Å². The number of benzene rings is 2. The molecule has 2 N–H and O–H groups in total. The van der Waals surface area contributed by atoms with Crippen molar-refractivity contribution in [2.75, 3.05) is 15.8 Å². The zero-order chi connectivity index (χ0) is 20.3. The highest BCUT2D eigenvalue weighted by Gasteiger charge is 2.16. The molecule has 28 heavy (non-hydrogen) atoms. The summed E-state index contributed by atoms with van der Waals surface area (Å²) in [5, 5.41) is 6.33. The van der Waals surface area contributed by atoms with E-state index >= 15 is 0 Å². The normalized spacial score (nSPS) is 11.2. The number of nitrogens with zero attached hydrogens (tertiary/aromatic N) is 1. The van der Waals surface area contributed by atoms with E-state index in [1.54, 1.807) is 44.2 Å². The summed E-state index contributed by atoms with van der Waals surface area (Å²) in [4.78, 5) is 12.4. The van der Waals surface area contributed by atoms with E-state index in [4.69, 9.17) is 4.52 Å². The van der Waals surface area contributed by atoms with Crippen LogP contribution in [-0.4, -0.2) is 25.2 Å². The first kappa shape index (κ1) is 19.6. The van der Waals surface area contributed by atoms with Crippen LogP contribution in [0.25, 0.3) is 11.3 Å². The third kappa shape index (κ3) is 4.37. The van der Waals surface area contributed by atoms with Crippen molar-refractivity contribution < 1.29 is 22.1 Å². The van der Waals surface area contributed by atoms with Gasteiger partial charge >= 0.3 is 0 Å². The number of aromatic nitrogens is 1. The molecule has 0 atom stereocenters. The maximum atomic E-state index is 13.8. The lowest BCUT2D eigenvalue weighted by atomic mass is 10.1. The van der Waals surface area contributed by atoms with Crippen molar-refractivity contribution in [1.82, 2.24) is 5.16 Å². The van der Waals surface area contributed by atoms with Crippen LogP contribution in [0.3, 0.4) is 0 Å². The van der Waals surface area contributed by atoms with Crippen LogP contribution in [0.1, 0.15) is 23.0 Å². The van der Waals surface area contributed by atoms with Crippen LogP contribution in [0.15, 0.2) is 53.1 Å². The van der Waals surface area contributed by atoms with Gasteiger partial charge in [-0.15, -0.1) is 0 Å². The highest BCUT2D eigenvalue weighted by molar-refractivity contribution is 7.92. The molecule has 0 saturated heterocycles. The minimum absolute atomic E-state index is 0.00771. The Morgan fingerprint density at radius 2 is 1.93 bits per heavy atom. The number of anilines is 2. The molecule has 0 fully saturated rings. The summed E-state index contributed by atoms with van der Waals surface area (Å²) in [6.45, 7) is 3.26. The third-order valence-electron chi connectivity index (χ3n) is 4.01. The fourth-order valence-corrected chi connectivity index (χ4v) is 3.17. The van der Waals surface area contributed by atoms with Gasteiger partial charge in [0.05, 0.1) is 17.0 Å². The predicted molar refractivity (Wildman–Crippen MR) is 104 cm³/mol. The molecule has 0 unspecified atom stereocenters. The summed E-state index contributed by atoms with van der Waals surface area (Å²) in [5.74, 6) is -0.913. The van der Waals surface area contributed by atoms with E-state index in [2.05, 4.69) is 15.2 Å². The van der Waals surface area contributed by atoms with Gasteiger partial charge in [0.15, 0.2) is 11.5 Å². The maximum Gasteiger partial charge on any atom is 0.277 e. The molecule has 0 bridgehead atoms. The molecule has 0 aliphatic rings. The monoisotopic (exact) mass is 403 g/mol. The summed E-state index contributed by atoms with van der Waals surface area (Å²) >= 11 is 0. The molecule has 9 heteroatoms. The molecular formula is C19H18FN3O4S. The highest BCUT2D eigenvalue weighted by atomic mass is 32.2. The summed E-state index contributed by atoms with van der Waals surface area (Å²) in [7, 11) is -3.39. The van der Waals surface area contributed by atoms with Gasteiger partial charge < -0.3 is 9.84 Å². The van der Waals surface area contributed by atoms with E-state index in [1.807, 2.05) is 0 Å². The molecule has 0 radical (unpaired) electrons. The summed E-state index contributed by atoms with van der Waals surface area (Å²) in [6.07, 6.45) is 0. The van der Waals surface area contributed by atoms with Crippen LogP contribution in [0.5, 0.6) is 0 Å². The lowest BCUT2D eigenvalue weighted by Gasteiger charge is -2.11. The minimum atomic E-state index is -3.39. The molecule has 1 heterocycles. The largest absolute Gasteiger partial charge is 0.355 e. The van der Waals surface area contributed by atoms with Crippen molar-refractivity contribution >= 4 is 27.3 Å². The Kier molecular flexibility index (Phi) is 5.46. The van der Waals surface area contributed by atoms with Crippen LogP contribution < -0.4 is 10.0 Å². The van der Waals surface area contributed by atoms with E-state index in [0.29, 0.717) is 16.9 Å². The van der Waals surface area contributed by atoms with Gasteiger partial charge in [-0.3, -0.25) is 9.52 Å². The number of nitrogens with one attached hydrogen (secondary N) is 2. The van der Waals surface area contributed by atoms with Gasteiger partial charge in [-0.05, 0) is 49.7 Å². The second kappa shape index (κ2) is 7.81. The highest BCUT2D eigenvalue weighted by Crippen LogP contribution is 2.24. The first-order valence-corrected chi connectivity index (χ1v) is 10.1. The topological polar surface area (TPSA) is 101 Å². The fraction of sp³-hybridized carbons (Fsp3) is 0.158. The lowest BCUT2D eigenvalue weighted by Crippen LogP contribution is -2.16. The van der Waals surface area contributed by atoms with Crippen LogP contribution in [0.2, 0.25) is 0 Å². The summed E-state index contributed by atoms with van der Waals surface area (Å²) in [5.41, 5.74) is 1.73. The van der Waals surface area contributed by atoms with E-state index < -0.39 is 21.7 Å². The van der Waals surface area contributed by atoms with Crippen LogP contribution in [0, 0.1) is 12.7 Å². The average molecular weight is 403 g/mol. The zero-order valence-electron chi connectivity index (χ0n) is 15.2. The first-order valence-electron chi connectivity index (χ1n) is 8.43. The van der Waals surface area contributed by atoms with Crippen molar-refractivity contribution in [2.24, 2.45) is 0 Å². The molecule has 2 aromatic carbocycles. The van der Waals surface area contributed by atoms with Gasteiger partial charge in [0.1, 0.15) is 5.82 Å². The average Bonchev–Trinajstić information content (AvgIpc) is 3.14. The smallest absolute Gasteiger partial charge is 0.277 e. The maximum absolute atomic E-state index is 13.8. The van der Waals surface area contributed by atoms with E-state index in [9.17, 15) is 17.6 Å². The molecule has 0 saturated carbocycles. The molecule has 3 rings (SSSR count).